The normalized spacial score (nSPS) is 10.6. The molecule has 2 aromatic carbocycles. The van der Waals surface area contributed by atoms with E-state index in [0.29, 0.717) is 11.3 Å². The van der Waals surface area contributed by atoms with Gasteiger partial charge in [-0.15, -0.1) is 0 Å². The zero-order valence-electron chi connectivity index (χ0n) is 18.9. The lowest BCUT2D eigenvalue weighted by Crippen LogP contribution is -2.45. The summed E-state index contributed by atoms with van der Waals surface area (Å²) in [5, 5.41) is 5.33. The number of benzene rings is 2. The van der Waals surface area contributed by atoms with Gasteiger partial charge in [0.15, 0.2) is 0 Å². The number of nitrogens with zero attached hydrogens (tertiary/aromatic N) is 1. The first-order valence-corrected chi connectivity index (χ1v) is 10.8. The summed E-state index contributed by atoms with van der Waals surface area (Å²) in [7, 11) is 0. The second-order valence-corrected chi connectivity index (χ2v) is 8.02. The Kier molecular flexibility index (Phi) is 9.25. The van der Waals surface area contributed by atoms with E-state index in [1.165, 1.54) is 10.5 Å². The summed E-state index contributed by atoms with van der Waals surface area (Å²) in [5.74, 6) is -0.890. The van der Waals surface area contributed by atoms with Gasteiger partial charge in [-0.2, -0.15) is 0 Å². The highest BCUT2D eigenvalue weighted by atomic mass is 16.2. The number of rotatable bonds is 10. The van der Waals surface area contributed by atoms with Gasteiger partial charge in [0.1, 0.15) is 6.54 Å². The first kappa shape index (κ1) is 24.1. The Morgan fingerprint density at radius 2 is 1.58 bits per heavy atom. The molecule has 2 rings (SSSR count). The Bertz CT molecular complexity index is 874. The second-order valence-electron chi connectivity index (χ2n) is 8.02. The quantitative estimate of drug-likeness (QED) is 0.607. The van der Waals surface area contributed by atoms with Gasteiger partial charge in [0.2, 0.25) is 11.8 Å². The number of nitrogens with one attached hydrogen (secondary N) is 2. The molecule has 0 aliphatic rings. The highest BCUT2D eigenvalue weighted by Crippen LogP contribution is 2.12. The van der Waals surface area contributed by atoms with Crippen molar-refractivity contribution in [3.05, 3.63) is 65.2 Å². The molecule has 0 unspecified atom stereocenters. The molecule has 166 valence electrons. The van der Waals surface area contributed by atoms with Crippen molar-refractivity contribution in [1.29, 1.82) is 0 Å². The van der Waals surface area contributed by atoms with Gasteiger partial charge in [0, 0.05) is 17.3 Å². The number of unbranched alkanes of at least 4 members (excludes halogenated alkanes) is 1. The van der Waals surface area contributed by atoms with Crippen LogP contribution >= 0.6 is 0 Å². The Labute approximate surface area is 185 Å². The molecule has 0 radical (unpaired) electrons. The van der Waals surface area contributed by atoms with E-state index in [2.05, 4.69) is 17.6 Å². The second kappa shape index (κ2) is 11.9. The first-order chi connectivity index (χ1) is 14.8. The molecule has 0 saturated heterocycles. The molecule has 3 amide bonds. The van der Waals surface area contributed by atoms with Crippen LogP contribution < -0.4 is 10.6 Å². The molecule has 0 aromatic heterocycles. The third kappa shape index (κ3) is 7.89. The predicted octanol–water partition coefficient (Wildman–Crippen LogP) is 3.94. The third-order valence-corrected chi connectivity index (χ3v) is 5.00. The van der Waals surface area contributed by atoms with Crippen molar-refractivity contribution < 1.29 is 14.4 Å². The molecule has 0 bridgehead atoms. The summed E-state index contributed by atoms with van der Waals surface area (Å²) >= 11 is 0. The molecule has 0 fully saturated rings. The van der Waals surface area contributed by atoms with Gasteiger partial charge in [0.05, 0.1) is 6.54 Å². The topological polar surface area (TPSA) is 78.5 Å². The minimum Gasteiger partial charge on any atom is -0.345 e. The van der Waals surface area contributed by atoms with Crippen LogP contribution in [0.5, 0.6) is 0 Å². The zero-order chi connectivity index (χ0) is 22.8. The van der Waals surface area contributed by atoms with E-state index >= 15 is 0 Å². The van der Waals surface area contributed by atoms with E-state index in [0.717, 1.165) is 24.8 Å². The number of aryl methyl sites for hydroxylation is 2. The number of carbonyl (C=O) groups excluding carboxylic acids is 3. The van der Waals surface area contributed by atoms with Gasteiger partial charge in [-0.25, -0.2) is 0 Å². The standard InChI is InChI=1S/C25H33N3O3/c1-5-6-7-20-10-12-21(13-11-20)25(31)28(18(2)3)17-24(30)26-16-23(29)27-22-14-8-19(4)9-15-22/h8-15,18H,5-7,16-17H2,1-4H3,(H,26,30)(H,27,29). The van der Waals surface area contributed by atoms with E-state index in [4.69, 9.17) is 0 Å². The molecular formula is C25H33N3O3. The molecule has 0 atom stereocenters. The van der Waals surface area contributed by atoms with Gasteiger partial charge < -0.3 is 15.5 Å². The third-order valence-electron chi connectivity index (χ3n) is 5.00. The van der Waals surface area contributed by atoms with Crippen molar-refractivity contribution in [1.82, 2.24) is 10.2 Å². The smallest absolute Gasteiger partial charge is 0.254 e. The fourth-order valence-electron chi connectivity index (χ4n) is 3.08. The first-order valence-electron chi connectivity index (χ1n) is 10.8. The lowest BCUT2D eigenvalue weighted by atomic mass is 10.1. The summed E-state index contributed by atoms with van der Waals surface area (Å²) in [6.07, 6.45) is 3.23. The minimum absolute atomic E-state index is 0.105. The predicted molar refractivity (Wildman–Crippen MR) is 124 cm³/mol. The fourth-order valence-corrected chi connectivity index (χ4v) is 3.08. The van der Waals surface area contributed by atoms with Crippen molar-refractivity contribution in [2.45, 2.75) is 53.0 Å². The Hall–Kier alpha value is -3.15. The molecule has 2 aromatic rings. The summed E-state index contributed by atoms with van der Waals surface area (Å²) < 4.78 is 0. The molecule has 0 aliphatic heterocycles. The van der Waals surface area contributed by atoms with Crippen molar-refractivity contribution >= 4 is 23.4 Å². The van der Waals surface area contributed by atoms with Gasteiger partial charge in [-0.05, 0) is 63.4 Å². The molecule has 0 heterocycles. The minimum atomic E-state index is -0.374. The summed E-state index contributed by atoms with van der Waals surface area (Å²) in [6.45, 7) is 7.59. The highest BCUT2D eigenvalue weighted by molar-refractivity contribution is 5.98. The zero-order valence-corrected chi connectivity index (χ0v) is 18.9. The Balaban J connectivity index is 1.89. The van der Waals surface area contributed by atoms with Crippen molar-refractivity contribution in [2.24, 2.45) is 0 Å². The number of amides is 3. The van der Waals surface area contributed by atoms with Crippen molar-refractivity contribution in [2.75, 3.05) is 18.4 Å². The van der Waals surface area contributed by atoms with E-state index < -0.39 is 0 Å². The SMILES string of the molecule is CCCCc1ccc(C(=O)N(CC(=O)NCC(=O)Nc2ccc(C)cc2)C(C)C)cc1. The van der Waals surface area contributed by atoms with E-state index in [-0.39, 0.29) is 36.9 Å². The van der Waals surface area contributed by atoms with Crippen molar-refractivity contribution in [3.8, 4) is 0 Å². The maximum absolute atomic E-state index is 12.9. The van der Waals surface area contributed by atoms with Gasteiger partial charge >= 0.3 is 0 Å². The molecular weight excluding hydrogens is 390 g/mol. The van der Waals surface area contributed by atoms with Crippen LogP contribution in [0.15, 0.2) is 48.5 Å². The maximum Gasteiger partial charge on any atom is 0.254 e. The van der Waals surface area contributed by atoms with Crippen LogP contribution in [-0.4, -0.2) is 41.8 Å². The highest BCUT2D eigenvalue weighted by Gasteiger charge is 2.21. The van der Waals surface area contributed by atoms with Gasteiger partial charge in [-0.3, -0.25) is 14.4 Å². The summed E-state index contributed by atoms with van der Waals surface area (Å²) in [5.41, 5.74) is 3.53. The van der Waals surface area contributed by atoms with Crippen LogP contribution in [0.1, 0.15) is 55.1 Å². The van der Waals surface area contributed by atoms with E-state index in [1.807, 2.05) is 69.3 Å². The number of carbonyl (C=O) groups is 3. The van der Waals surface area contributed by atoms with Crippen molar-refractivity contribution in [3.63, 3.8) is 0 Å². The molecule has 2 N–H and O–H groups in total. The van der Waals surface area contributed by atoms with Crippen LogP contribution in [0.2, 0.25) is 0 Å². The van der Waals surface area contributed by atoms with Crippen LogP contribution in [0, 0.1) is 6.92 Å². The van der Waals surface area contributed by atoms with E-state index in [1.54, 1.807) is 0 Å². The van der Waals surface area contributed by atoms with Crippen LogP contribution in [0.3, 0.4) is 0 Å². The lowest BCUT2D eigenvalue weighted by molar-refractivity contribution is -0.124. The van der Waals surface area contributed by atoms with Gasteiger partial charge in [-0.1, -0.05) is 43.2 Å². The van der Waals surface area contributed by atoms with E-state index in [9.17, 15) is 14.4 Å². The fraction of sp³-hybridized carbons (Fsp3) is 0.400. The van der Waals surface area contributed by atoms with Crippen LogP contribution in [0.25, 0.3) is 0 Å². The monoisotopic (exact) mass is 423 g/mol. The van der Waals surface area contributed by atoms with Gasteiger partial charge in [0.25, 0.3) is 5.91 Å². The average molecular weight is 424 g/mol. The molecule has 31 heavy (non-hydrogen) atoms. The number of anilines is 1. The molecule has 6 heteroatoms. The Morgan fingerprint density at radius 3 is 2.16 bits per heavy atom. The molecule has 0 spiro atoms. The number of hydrogen-bond acceptors (Lipinski definition) is 3. The van der Waals surface area contributed by atoms with Crippen LogP contribution in [-0.2, 0) is 16.0 Å². The van der Waals surface area contributed by atoms with Crippen LogP contribution in [0.4, 0.5) is 5.69 Å². The Morgan fingerprint density at radius 1 is 0.935 bits per heavy atom. The lowest BCUT2D eigenvalue weighted by Gasteiger charge is -2.26. The average Bonchev–Trinajstić information content (AvgIpc) is 2.76. The summed E-state index contributed by atoms with van der Waals surface area (Å²) in [6, 6.07) is 14.8. The number of hydrogen-bond donors (Lipinski definition) is 2. The summed E-state index contributed by atoms with van der Waals surface area (Å²) in [4.78, 5) is 38.9. The maximum atomic E-state index is 12.9. The largest absolute Gasteiger partial charge is 0.345 e. The molecule has 0 aliphatic carbocycles. The molecule has 6 nitrogen and oxygen atoms in total. The molecule has 0 saturated carbocycles.